The SMILES string of the molecule is Cc1ccc(-c2ccnc(-c3[c-]c(-c4cccc5c4nc(-c4cc(C)cc(C)c4O)n5-c4ccc(-c5ccccc5)cc4C(C)(C)C)cc(C(C)(C)C)c3)c2)cc1.[Pt]. The molecular weight excluding hydrogens is 890 g/mol. The number of aryl methyl sites for hydroxylation is 3. The van der Waals surface area contributed by atoms with Gasteiger partial charge in [0.25, 0.3) is 0 Å². The van der Waals surface area contributed by atoms with Gasteiger partial charge in [-0.1, -0.05) is 143 Å². The molecule has 0 saturated heterocycles. The summed E-state index contributed by atoms with van der Waals surface area (Å²) in [6.07, 6.45) is 1.89. The molecule has 0 radical (unpaired) electrons. The first kappa shape index (κ1) is 40.6. The number of hydrogen-bond acceptors (Lipinski definition) is 3. The van der Waals surface area contributed by atoms with Crippen molar-refractivity contribution in [2.45, 2.75) is 73.1 Å². The Kier molecular flexibility index (Phi) is 11.0. The predicted molar refractivity (Wildman–Crippen MR) is 238 cm³/mol. The normalized spacial score (nSPS) is 11.8. The summed E-state index contributed by atoms with van der Waals surface area (Å²) in [5.41, 5.74) is 17.0. The van der Waals surface area contributed by atoms with Crippen molar-refractivity contribution in [2.75, 3.05) is 0 Å². The topological polar surface area (TPSA) is 50.9 Å². The maximum atomic E-state index is 11.7. The van der Waals surface area contributed by atoms with Crippen LogP contribution < -0.4 is 0 Å². The standard InChI is InChI=1S/C53H50N3O.Pt/c1-33-18-20-37(21-19-33)39-24-25-54-46(32-39)41-28-40(29-42(30-41)52(4,5)6)43-16-13-17-48-49(43)55-51(44-27-34(2)26-35(3)50(44)57)56(48)47-23-22-38(31-45(47)53(7,8)9)36-14-11-10-12-15-36;/h10-27,29-32,57H,1-9H3;/q-1;. The van der Waals surface area contributed by atoms with E-state index in [0.29, 0.717) is 11.4 Å². The first-order chi connectivity index (χ1) is 27.2. The van der Waals surface area contributed by atoms with Crippen LogP contribution in [-0.2, 0) is 31.9 Å². The van der Waals surface area contributed by atoms with Crippen molar-refractivity contribution in [3.05, 3.63) is 167 Å². The fourth-order valence-corrected chi connectivity index (χ4v) is 7.80. The summed E-state index contributed by atoms with van der Waals surface area (Å²) >= 11 is 0. The number of nitrogens with zero attached hydrogens (tertiary/aromatic N) is 3. The van der Waals surface area contributed by atoms with E-state index in [1.54, 1.807) is 0 Å². The van der Waals surface area contributed by atoms with Gasteiger partial charge in [-0.15, -0.1) is 29.3 Å². The number of rotatable bonds is 6. The van der Waals surface area contributed by atoms with Gasteiger partial charge in [-0.2, -0.15) is 0 Å². The summed E-state index contributed by atoms with van der Waals surface area (Å²) in [7, 11) is 0. The minimum Gasteiger partial charge on any atom is -0.507 e. The molecule has 0 aliphatic heterocycles. The van der Waals surface area contributed by atoms with E-state index in [-0.39, 0.29) is 37.6 Å². The van der Waals surface area contributed by atoms with Gasteiger partial charge in [-0.25, -0.2) is 4.98 Å². The van der Waals surface area contributed by atoms with Crippen molar-refractivity contribution in [1.29, 1.82) is 0 Å². The smallest absolute Gasteiger partial charge is 0.148 e. The second-order valence-electron chi connectivity index (χ2n) is 17.5. The van der Waals surface area contributed by atoms with Crippen molar-refractivity contribution >= 4 is 11.0 Å². The molecule has 2 aromatic heterocycles. The molecule has 1 N–H and O–H groups in total. The average molecular weight is 940 g/mol. The first-order valence-electron chi connectivity index (χ1n) is 19.8. The zero-order valence-electron chi connectivity index (χ0n) is 34.8. The molecule has 294 valence electrons. The van der Waals surface area contributed by atoms with E-state index in [9.17, 15) is 5.11 Å². The molecule has 0 aliphatic carbocycles. The molecule has 5 heteroatoms. The van der Waals surface area contributed by atoms with Crippen molar-refractivity contribution in [3.8, 4) is 67.5 Å². The zero-order valence-corrected chi connectivity index (χ0v) is 37.1. The summed E-state index contributed by atoms with van der Waals surface area (Å²) in [6.45, 7) is 19.6. The van der Waals surface area contributed by atoms with Gasteiger partial charge < -0.3 is 5.11 Å². The second kappa shape index (κ2) is 15.6. The number of phenolic OH excluding ortho intramolecular Hbond substituents is 1. The number of hydrogen-bond donors (Lipinski definition) is 1. The van der Waals surface area contributed by atoms with Gasteiger partial charge in [-0.3, -0.25) is 9.55 Å². The molecule has 0 aliphatic rings. The van der Waals surface area contributed by atoms with Crippen LogP contribution in [0.15, 0.2) is 134 Å². The van der Waals surface area contributed by atoms with Gasteiger partial charge in [0.2, 0.25) is 0 Å². The predicted octanol–water partition coefficient (Wildman–Crippen LogP) is 13.8. The number of pyridine rings is 1. The Hall–Kier alpha value is -5.57. The Balaban J connectivity index is 0.00000512. The van der Waals surface area contributed by atoms with Gasteiger partial charge in [0, 0.05) is 33.0 Å². The van der Waals surface area contributed by atoms with Crippen molar-refractivity contribution in [2.24, 2.45) is 0 Å². The van der Waals surface area contributed by atoms with E-state index in [4.69, 9.17) is 9.97 Å². The average Bonchev–Trinajstić information content (AvgIpc) is 3.58. The number of benzene rings is 6. The third-order valence-electron chi connectivity index (χ3n) is 11.0. The Morgan fingerprint density at radius 3 is 1.97 bits per heavy atom. The summed E-state index contributed by atoms with van der Waals surface area (Å²) in [5.74, 6) is 0.930. The fourth-order valence-electron chi connectivity index (χ4n) is 7.80. The third-order valence-corrected chi connectivity index (χ3v) is 11.0. The second-order valence-corrected chi connectivity index (χ2v) is 17.5. The van der Waals surface area contributed by atoms with Crippen LogP contribution in [0.2, 0.25) is 0 Å². The zero-order chi connectivity index (χ0) is 40.2. The minimum absolute atomic E-state index is 0. The quantitative estimate of drug-likeness (QED) is 0.169. The van der Waals surface area contributed by atoms with Crippen LogP contribution in [0.1, 0.15) is 69.4 Å². The van der Waals surface area contributed by atoms with Crippen LogP contribution >= 0.6 is 0 Å². The molecule has 0 unspecified atom stereocenters. The number of fused-ring (bicyclic) bond motifs is 1. The van der Waals surface area contributed by atoms with Crippen LogP contribution in [0.3, 0.4) is 0 Å². The monoisotopic (exact) mass is 939 g/mol. The Bertz CT molecular complexity index is 2780. The molecule has 58 heavy (non-hydrogen) atoms. The molecule has 0 amide bonds. The molecular formula is C53H50N3OPt-. The Labute approximate surface area is 358 Å². The Morgan fingerprint density at radius 2 is 1.26 bits per heavy atom. The van der Waals surface area contributed by atoms with Gasteiger partial charge >= 0.3 is 0 Å². The van der Waals surface area contributed by atoms with Crippen LogP contribution in [0.4, 0.5) is 0 Å². The number of aromatic nitrogens is 3. The van der Waals surface area contributed by atoms with Crippen LogP contribution in [-0.4, -0.2) is 19.6 Å². The molecule has 2 heterocycles. The van der Waals surface area contributed by atoms with Crippen LogP contribution in [0, 0.1) is 26.8 Å². The van der Waals surface area contributed by atoms with E-state index in [0.717, 1.165) is 66.9 Å². The number of phenols is 1. The molecule has 0 spiro atoms. The van der Waals surface area contributed by atoms with Gasteiger partial charge in [0.05, 0.1) is 22.3 Å². The number of para-hydroxylation sites is 1. The molecule has 0 bridgehead atoms. The number of imidazole rings is 1. The van der Waals surface area contributed by atoms with Crippen molar-refractivity contribution in [1.82, 2.24) is 14.5 Å². The van der Waals surface area contributed by atoms with Crippen LogP contribution in [0.5, 0.6) is 5.75 Å². The molecule has 0 saturated carbocycles. The van der Waals surface area contributed by atoms with E-state index < -0.39 is 0 Å². The number of aromatic hydroxyl groups is 1. The van der Waals surface area contributed by atoms with Gasteiger partial charge in [0.15, 0.2) is 0 Å². The molecule has 6 aromatic carbocycles. The summed E-state index contributed by atoms with van der Waals surface area (Å²) in [4.78, 5) is 10.4. The fraction of sp³-hybridized carbons (Fsp3) is 0.208. The van der Waals surface area contributed by atoms with Gasteiger partial charge in [0.1, 0.15) is 11.6 Å². The summed E-state index contributed by atoms with van der Waals surface area (Å²) in [6, 6.07) is 48.9. The van der Waals surface area contributed by atoms with E-state index in [2.05, 4.69) is 181 Å². The third kappa shape index (κ3) is 7.83. The molecule has 0 fully saturated rings. The molecule has 0 atom stereocenters. The molecule has 8 aromatic rings. The molecule has 8 rings (SSSR count). The van der Waals surface area contributed by atoms with Crippen molar-refractivity contribution in [3.63, 3.8) is 0 Å². The summed E-state index contributed by atoms with van der Waals surface area (Å²) in [5, 5.41) is 11.7. The largest absolute Gasteiger partial charge is 0.507 e. The van der Waals surface area contributed by atoms with E-state index in [1.807, 2.05) is 25.3 Å². The van der Waals surface area contributed by atoms with Crippen LogP contribution in [0.25, 0.3) is 72.7 Å². The maximum Gasteiger partial charge on any atom is 0.148 e. The van der Waals surface area contributed by atoms with E-state index >= 15 is 0 Å². The van der Waals surface area contributed by atoms with Gasteiger partial charge in [-0.05, 0) is 101 Å². The maximum absolute atomic E-state index is 11.7. The summed E-state index contributed by atoms with van der Waals surface area (Å²) < 4.78 is 2.25. The first-order valence-corrected chi connectivity index (χ1v) is 19.8. The molecule has 4 nitrogen and oxygen atoms in total. The minimum atomic E-state index is -0.208. The Morgan fingerprint density at radius 1 is 0.586 bits per heavy atom. The van der Waals surface area contributed by atoms with E-state index in [1.165, 1.54) is 22.3 Å². The van der Waals surface area contributed by atoms with Crippen molar-refractivity contribution < 1.29 is 26.2 Å².